The average molecular weight is 352 g/mol. The summed E-state index contributed by atoms with van der Waals surface area (Å²) in [4.78, 5) is 23.4. The van der Waals surface area contributed by atoms with E-state index in [1.165, 1.54) is 18.2 Å². The molecule has 0 unspecified atom stereocenters. The van der Waals surface area contributed by atoms with Gasteiger partial charge in [-0.3, -0.25) is 4.79 Å². The van der Waals surface area contributed by atoms with E-state index in [1.54, 1.807) is 25.1 Å². The summed E-state index contributed by atoms with van der Waals surface area (Å²) in [7, 11) is 0. The first-order chi connectivity index (χ1) is 11.5. The summed E-state index contributed by atoms with van der Waals surface area (Å²) >= 11 is 5.66. The standard InChI is InChI=1S/C17H15ClFNO4/c1-2-23-16(21)10-24-13-5-3-4-12(9-13)20-17(22)14-7-6-11(18)8-15(14)19/h3-9H,2,10H2,1H3,(H,20,22). The number of hydrogen-bond donors (Lipinski definition) is 1. The molecule has 2 rings (SSSR count). The van der Waals surface area contributed by atoms with Crippen molar-refractivity contribution in [2.24, 2.45) is 0 Å². The number of esters is 1. The molecule has 0 bridgehead atoms. The highest BCUT2D eigenvalue weighted by Crippen LogP contribution is 2.20. The van der Waals surface area contributed by atoms with Gasteiger partial charge in [0.05, 0.1) is 12.2 Å². The molecule has 0 aliphatic carbocycles. The zero-order chi connectivity index (χ0) is 17.5. The molecule has 0 heterocycles. The van der Waals surface area contributed by atoms with Gasteiger partial charge in [-0.05, 0) is 37.3 Å². The Bertz CT molecular complexity index is 751. The Morgan fingerprint density at radius 3 is 2.71 bits per heavy atom. The van der Waals surface area contributed by atoms with E-state index in [9.17, 15) is 14.0 Å². The van der Waals surface area contributed by atoms with Gasteiger partial charge in [-0.25, -0.2) is 9.18 Å². The van der Waals surface area contributed by atoms with Gasteiger partial charge < -0.3 is 14.8 Å². The summed E-state index contributed by atoms with van der Waals surface area (Å²) in [6.07, 6.45) is 0. The van der Waals surface area contributed by atoms with Crippen molar-refractivity contribution in [1.29, 1.82) is 0 Å². The van der Waals surface area contributed by atoms with Crippen molar-refractivity contribution in [1.82, 2.24) is 0 Å². The third-order valence-corrected chi connectivity index (χ3v) is 3.16. The van der Waals surface area contributed by atoms with Crippen molar-refractivity contribution >= 4 is 29.2 Å². The topological polar surface area (TPSA) is 64.6 Å². The van der Waals surface area contributed by atoms with Crippen molar-refractivity contribution in [2.45, 2.75) is 6.92 Å². The molecule has 2 aromatic rings. The van der Waals surface area contributed by atoms with Crippen LogP contribution in [0.4, 0.5) is 10.1 Å². The fraction of sp³-hybridized carbons (Fsp3) is 0.176. The molecule has 0 aliphatic rings. The second kappa shape index (κ2) is 8.31. The van der Waals surface area contributed by atoms with Gasteiger partial charge in [-0.1, -0.05) is 17.7 Å². The summed E-state index contributed by atoms with van der Waals surface area (Å²) in [6.45, 7) is 1.73. The van der Waals surface area contributed by atoms with Gasteiger partial charge in [0, 0.05) is 16.8 Å². The van der Waals surface area contributed by atoms with Crippen molar-refractivity contribution in [3.05, 3.63) is 58.9 Å². The fourth-order valence-corrected chi connectivity index (χ4v) is 2.04. The Hall–Kier alpha value is -2.60. The van der Waals surface area contributed by atoms with Crippen LogP contribution in [0.1, 0.15) is 17.3 Å². The first-order valence-electron chi connectivity index (χ1n) is 7.14. The molecule has 7 heteroatoms. The van der Waals surface area contributed by atoms with Crippen molar-refractivity contribution in [3.8, 4) is 5.75 Å². The van der Waals surface area contributed by atoms with Gasteiger partial charge in [-0.15, -0.1) is 0 Å². The van der Waals surface area contributed by atoms with Crippen molar-refractivity contribution in [3.63, 3.8) is 0 Å². The zero-order valence-corrected chi connectivity index (χ0v) is 13.6. The quantitative estimate of drug-likeness (QED) is 0.806. The summed E-state index contributed by atoms with van der Waals surface area (Å²) in [5.41, 5.74) is 0.271. The molecule has 2 aromatic carbocycles. The highest BCUT2D eigenvalue weighted by Gasteiger charge is 2.12. The Labute approximate surface area is 143 Å². The number of benzene rings is 2. The second-order valence-electron chi connectivity index (χ2n) is 4.70. The van der Waals surface area contributed by atoms with Gasteiger partial charge in [0.15, 0.2) is 6.61 Å². The molecule has 1 N–H and O–H groups in total. The monoisotopic (exact) mass is 351 g/mol. The number of ether oxygens (including phenoxy) is 2. The molecule has 1 amide bonds. The van der Waals surface area contributed by atoms with Crippen LogP contribution in [0.25, 0.3) is 0 Å². The van der Waals surface area contributed by atoms with Crippen LogP contribution in [0.3, 0.4) is 0 Å². The Morgan fingerprint density at radius 2 is 2.00 bits per heavy atom. The molecular weight excluding hydrogens is 337 g/mol. The third kappa shape index (κ3) is 4.96. The van der Waals surface area contributed by atoms with E-state index in [0.29, 0.717) is 11.4 Å². The molecule has 0 aliphatic heterocycles. The number of hydrogen-bond acceptors (Lipinski definition) is 4. The lowest BCUT2D eigenvalue weighted by atomic mass is 10.2. The summed E-state index contributed by atoms with van der Waals surface area (Å²) in [6, 6.07) is 10.2. The van der Waals surface area contributed by atoms with Crippen LogP contribution >= 0.6 is 11.6 Å². The third-order valence-electron chi connectivity index (χ3n) is 2.93. The lowest BCUT2D eigenvalue weighted by Gasteiger charge is -2.09. The van der Waals surface area contributed by atoms with Crippen LogP contribution in [0.15, 0.2) is 42.5 Å². The van der Waals surface area contributed by atoms with Gasteiger partial charge in [-0.2, -0.15) is 0 Å². The van der Waals surface area contributed by atoms with E-state index in [1.807, 2.05) is 0 Å². The normalized spacial score (nSPS) is 10.1. The second-order valence-corrected chi connectivity index (χ2v) is 5.14. The van der Waals surface area contributed by atoms with Crippen molar-refractivity contribution < 1.29 is 23.5 Å². The molecule has 0 radical (unpaired) electrons. The molecule has 5 nitrogen and oxygen atoms in total. The minimum atomic E-state index is -0.713. The van der Waals surface area contributed by atoms with E-state index in [4.69, 9.17) is 21.1 Å². The smallest absolute Gasteiger partial charge is 0.344 e. The SMILES string of the molecule is CCOC(=O)COc1cccc(NC(=O)c2ccc(Cl)cc2F)c1. The first-order valence-corrected chi connectivity index (χ1v) is 7.52. The highest BCUT2D eigenvalue weighted by atomic mass is 35.5. The van der Waals surface area contributed by atoms with Gasteiger partial charge in [0.2, 0.25) is 0 Å². The lowest BCUT2D eigenvalue weighted by molar-refractivity contribution is -0.145. The molecule has 0 aromatic heterocycles. The minimum absolute atomic E-state index is 0.128. The number of carbonyl (C=O) groups excluding carboxylic acids is 2. The molecule has 0 spiro atoms. The molecule has 0 atom stereocenters. The summed E-state index contributed by atoms with van der Waals surface area (Å²) in [5, 5.41) is 2.76. The Morgan fingerprint density at radius 1 is 1.21 bits per heavy atom. The van der Waals surface area contributed by atoms with Gasteiger partial charge in [0.25, 0.3) is 5.91 Å². The first kappa shape index (κ1) is 17.7. The van der Waals surface area contributed by atoms with E-state index in [2.05, 4.69) is 5.32 Å². The van der Waals surface area contributed by atoms with Crippen LogP contribution in [-0.2, 0) is 9.53 Å². The number of anilines is 1. The maximum atomic E-state index is 13.7. The maximum absolute atomic E-state index is 13.7. The van der Waals surface area contributed by atoms with Crippen LogP contribution in [0, 0.1) is 5.82 Å². The number of nitrogens with one attached hydrogen (secondary N) is 1. The van der Waals surface area contributed by atoms with Crippen LogP contribution in [0.5, 0.6) is 5.75 Å². The molecule has 126 valence electrons. The Kier molecular flexibility index (Phi) is 6.14. The van der Waals surface area contributed by atoms with Gasteiger partial charge in [0.1, 0.15) is 11.6 Å². The van der Waals surface area contributed by atoms with Crippen LogP contribution < -0.4 is 10.1 Å². The fourth-order valence-electron chi connectivity index (χ4n) is 1.88. The van der Waals surface area contributed by atoms with E-state index >= 15 is 0 Å². The summed E-state index contributed by atoms with van der Waals surface area (Å²) < 4.78 is 23.8. The number of carbonyl (C=O) groups is 2. The van der Waals surface area contributed by atoms with Crippen LogP contribution in [0.2, 0.25) is 5.02 Å². The highest BCUT2D eigenvalue weighted by molar-refractivity contribution is 6.30. The summed E-state index contributed by atoms with van der Waals surface area (Å²) in [5.74, 6) is -1.45. The molecular formula is C17H15ClFNO4. The number of halogens is 2. The Balaban J connectivity index is 2.03. The largest absolute Gasteiger partial charge is 0.482 e. The molecule has 24 heavy (non-hydrogen) atoms. The number of rotatable bonds is 6. The molecule has 0 fully saturated rings. The van der Waals surface area contributed by atoms with E-state index in [-0.39, 0.29) is 23.8 Å². The van der Waals surface area contributed by atoms with E-state index < -0.39 is 17.7 Å². The predicted octanol–water partition coefficient (Wildman–Crippen LogP) is 3.67. The maximum Gasteiger partial charge on any atom is 0.344 e. The predicted molar refractivity (Wildman–Crippen MR) is 87.9 cm³/mol. The minimum Gasteiger partial charge on any atom is -0.482 e. The van der Waals surface area contributed by atoms with Gasteiger partial charge >= 0.3 is 5.97 Å². The van der Waals surface area contributed by atoms with E-state index in [0.717, 1.165) is 6.07 Å². The molecule has 0 saturated carbocycles. The lowest BCUT2D eigenvalue weighted by Crippen LogP contribution is -2.15. The van der Waals surface area contributed by atoms with Crippen LogP contribution in [-0.4, -0.2) is 25.1 Å². The van der Waals surface area contributed by atoms with Crippen molar-refractivity contribution in [2.75, 3.05) is 18.5 Å². The zero-order valence-electron chi connectivity index (χ0n) is 12.8. The number of amides is 1. The average Bonchev–Trinajstić information content (AvgIpc) is 2.53. The molecule has 0 saturated heterocycles.